The van der Waals surface area contributed by atoms with Gasteiger partial charge in [-0.2, -0.15) is 0 Å². The molecule has 2 heterocycles. The molecule has 7 heteroatoms. The number of hydrogen-bond acceptors (Lipinski definition) is 6. The molecule has 154 valence electrons. The van der Waals surface area contributed by atoms with Gasteiger partial charge in [0.1, 0.15) is 6.10 Å². The van der Waals surface area contributed by atoms with Crippen molar-refractivity contribution in [3.05, 3.63) is 0 Å². The molecule has 2 bridgehead atoms. The number of ether oxygens (including phenoxy) is 4. The Morgan fingerprint density at radius 3 is 2.26 bits per heavy atom. The van der Waals surface area contributed by atoms with E-state index in [0.29, 0.717) is 6.61 Å². The van der Waals surface area contributed by atoms with Gasteiger partial charge >= 0.3 is 5.97 Å². The van der Waals surface area contributed by atoms with Crippen LogP contribution in [0.4, 0.5) is 0 Å². The van der Waals surface area contributed by atoms with E-state index in [9.17, 15) is 4.79 Å². The SMILES string of the molecule is CCOC(=O)C1[C@H]2O[C@H]3[C@H]4OC(C)(C)O[C@H]4[C@H]1[C@@H]3C2O[Si](C)(C)C(C)(C)C. The molecule has 0 spiro atoms. The number of rotatable bonds is 4. The molecule has 0 amide bonds. The zero-order valence-electron chi connectivity index (χ0n) is 17.8. The highest BCUT2D eigenvalue weighted by atomic mass is 28.4. The molecule has 4 rings (SSSR count). The Kier molecular flexibility index (Phi) is 4.42. The van der Waals surface area contributed by atoms with Gasteiger partial charge in [-0.25, -0.2) is 0 Å². The van der Waals surface area contributed by atoms with Crippen molar-refractivity contribution in [2.75, 3.05) is 6.61 Å². The van der Waals surface area contributed by atoms with Gasteiger partial charge in [-0.05, 0) is 38.9 Å². The van der Waals surface area contributed by atoms with Gasteiger partial charge < -0.3 is 23.4 Å². The number of esters is 1. The van der Waals surface area contributed by atoms with Crippen molar-refractivity contribution in [1.82, 2.24) is 0 Å². The van der Waals surface area contributed by atoms with Crippen LogP contribution in [0, 0.1) is 17.8 Å². The largest absolute Gasteiger partial charge is 0.466 e. The number of hydrogen-bond donors (Lipinski definition) is 0. The van der Waals surface area contributed by atoms with Crippen LogP contribution in [0.1, 0.15) is 41.5 Å². The van der Waals surface area contributed by atoms with Crippen molar-refractivity contribution in [2.24, 2.45) is 17.8 Å². The van der Waals surface area contributed by atoms with Crippen LogP contribution < -0.4 is 0 Å². The molecule has 2 saturated heterocycles. The average molecular weight is 399 g/mol. The maximum absolute atomic E-state index is 12.8. The predicted molar refractivity (Wildman–Crippen MR) is 102 cm³/mol. The van der Waals surface area contributed by atoms with Crippen LogP contribution in [0.2, 0.25) is 18.1 Å². The first-order valence-electron chi connectivity index (χ1n) is 10.2. The van der Waals surface area contributed by atoms with E-state index in [0.717, 1.165) is 0 Å². The fraction of sp³-hybridized carbons (Fsp3) is 0.950. The van der Waals surface area contributed by atoms with Crippen LogP contribution in [-0.4, -0.2) is 57.2 Å². The second kappa shape index (κ2) is 6.02. The molecule has 2 saturated carbocycles. The van der Waals surface area contributed by atoms with Gasteiger partial charge in [-0.15, -0.1) is 0 Å². The van der Waals surface area contributed by atoms with Gasteiger partial charge in [0, 0.05) is 11.8 Å². The second-order valence-corrected chi connectivity index (χ2v) is 15.2. The predicted octanol–water partition coefficient (Wildman–Crippen LogP) is 3.10. The lowest BCUT2D eigenvalue weighted by Crippen LogP contribution is -2.47. The van der Waals surface area contributed by atoms with Crippen molar-refractivity contribution < 1.29 is 28.2 Å². The molecule has 4 aliphatic rings. The second-order valence-electron chi connectivity index (χ2n) is 10.4. The topological polar surface area (TPSA) is 63.2 Å². The minimum Gasteiger partial charge on any atom is -0.466 e. The lowest BCUT2D eigenvalue weighted by Gasteiger charge is -2.39. The van der Waals surface area contributed by atoms with E-state index in [1.807, 2.05) is 20.8 Å². The van der Waals surface area contributed by atoms with E-state index in [1.54, 1.807) is 0 Å². The summed E-state index contributed by atoms with van der Waals surface area (Å²) in [5.41, 5.74) is 0. The smallest absolute Gasteiger partial charge is 0.312 e. The Bertz CT molecular complexity index is 626. The molecule has 2 aliphatic heterocycles. The summed E-state index contributed by atoms with van der Waals surface area (Å²) in [6.45, 7) is 17.3. The standard InChI is InChI=1S/C20H34O6Si/c1-9-22-18(21)12-10-11-13(17-15(10)24-20(5,6)25-17)23-14(12)16(11)26-27(7,8)19(2,3)4/h10-17H,9H2,1-8H3/t10-,11-,12?,13+,14+,15-,16?,17+/m0/s1. The third-order valence-corrected chi connectivity index (χ3v) is 11.7. The summed E-state index contributed by atoms with van der Waals surface area (Å²) in [6.07, 6.45) is -0.685. The van der Waals surface area contributed by atoms with Crippen LogP contribution in [-0.2, 0) is 28.2 Å². The van der Waals surface area contributed by atoms with Gasteiger partial charge in [0.25, 0.3) is 0 Å². The van der Waals surface area contributed by atoms with Crippen LogP contribution >= 0.6 is 0 Å². The summed E-state index contributed by atoms with van der Waals surface area (Å²) < 4.78 is 31.0. The minimum atomic E-state index is -2.01. The first-order valence-corrected chi connectivity index (χ1v) is 13.1. The lowest BCUT2D eigenvalue weighted by atomic mass is 9.88. The first kappa shape index (κ1) is 19.8. The highest BCUT2D eigenvalue weighted by Gasteiger charge is 2.76. The highest BCUT2D eigenvalue weighted by molar-refractivity contribution is 6.74. The summed E-state index contributed by atoms with van der Waals surface area (Å²) in [4.78, 5) is 12.8. The van der Waals surface area contributed by atoms with Gasteiger partial charge in [0.2, 0.25) is 0 Å². The van der Waals surface area contributed by atoms with E-state index >= 15 is 0 Å². The van der Waals surface area contributed by atoms with E-state index in [1.165, 1.54) is 0 Å². The number of carbonyl (C=O) groups is 1. The van der Waals surface area contributed by atoms with Crippen molar-refractivity contribution in [2.45, 2.75) is 96.0 Å². The highest BCUT2D eigenvalue weighted by Crippen LogP contribution is 2.62. The van der Waals surface area contributed by atoms with Gasteiger partial charge in [0.15, 0.2) is 14.1 Å². The molecule has 6 nitrogen and oxygen atoms in total. The first-order chi connectivity index (χ1) is 12.4. The van der Waals surface area contributed by atoms with Crippen LogP contribution in [0.25, 0.3) is 0 Å². The van der Waals surface area contributed by atoms with E-state index in [-0.39, 0.29) is 59.3 Å². The zero-order chi connectivity index (χ0) is 19.9. The van der Waals surface area contributed by atoms with E-state index in [2.05, 4.69) is 33.9 Å². The molecule has 4 fully saturated rings. The summed E-state index contributed by atoms with van der Waals surface area (Å²) >= 11 is 0. The van der Waals surface area contributed by atoms with Gasteiger partial charge in [0.05, 0.1) is 36.9 Å². The quantitative estimate of drug-likeness (QED) is 0.536. The Balaban J connectivity index is 1.66. The Labute approximate surface area is 163 Å². The Hall–Kier alpha value is -0.473. The number of carbonyl (C=O) groups excluding carboxylic acids is 1. The molecule has 2 aliphatic carbocycles. The van der Waals surface area contributed by atoms with Gasteiger partial charge in [-0.1, -0.05) is 20.8 Å². The van der Waals surface area contributed by atoms with E-state index < -0.39 is 14.1 Å². The molecule has 0 radical (unpaired) electrons. The molecule has 2 unspecified atom stereocenters. The minimum absolute atomic E-state index is 0.0364. The fourth-order valence-corrected chi connectivity index (χ4v) is 6.55. The third kappa shape index (κ3) is 2.84. The molecular weight excluding hydrogens is 364 g/mol. The summed E-state index contributed by atoms with van der Waals surface area (Å²) in [5.74, 6) is -1.01. The third-order valence-electron chi connectivity index (χ3n) is 7.27. The molecule has 0 aromatic carbocycles. The summed E-state index contributed by atoms with van der Waals surface area (Å²) in [5, 5.41) is 0.0956. The van der Waals surface area contributed by atoms with Crippen molar-refractivity contribution >= 4 is 14.3 Å². The van der Waals surface area contributed by atoms with E-state index in [4.69, 9.17) is 23.4 Å². The maximum Gasteiger partial charge on any atom is 0.312 e. The summed E-state index contributed by atoms with van der Waals surface area (Å²) in [6, 6.07) is 0. The molecule has 27 heavy (non-hydrogen) atoms. The molecule has 0 aromatic heterocycles. The lowest BCUT2D eigenvalue weighted by molar-refractivity contribution is -0.194. The summed E-state index contributed by atoms with van der Waals surface area (Å²) in [7, 11) is -2.01. The van der Waals surface area contributed by atoms with Crippen molar-refractivity contribution in [3.63, 3.8) is 0 Å². The molecule has 0 N–H and O–H groups in total. The molecule has 8 atom stereocenters. The van der Waals surface area contributed by atoms with Crippen LogP contribution in [0.3, 0.4) is 0 Å². The number of fused-ring (bicyclic) bond motifs is 4. The van der Waals surface area contributed by atoms with Crippen molar-refractivity contribution in [1.29, 1.82) is 0 Å². The fourth-order valence-electron chi connectivity index (χ4n) is 5.22. The molecular formula is C20H34O6Si. The Morgan fingerprint density at radius 1 is 1.04 bits per heavy atom. The van der Waals surface area contributed by atoms with Gasteiger partial charge in [-0.3, -0.25) is 4.79 Å². The Morgan fingerprint density at radius 2 is 1.67 bits per heavy atom. The van der Waals surface area contributed by atoms with Crippen LogP contribution in [0.5, 0.6) is 0 Å². The maximum atomic E-state index is 12.8. The normalized spacial score (nSPS) is 44.6. The van der Waals surface area contributed by atoms with Crippen molar-refractivity contribution in [3.8, 4) is 0 Å². The van der Waals surface area contributed by atoms with Crippen LogP contribution in [0.15, 0.2) is 0 Å². The molecule has 0 aromatic rings. The zero-order valence-corrected chi connectivity index (χ0v) is 18.8. The monoisotopic (exact) mass is 398 g/mol. The average Bonchev–Trinajstić information content (AvgIpc) is 3.16.